The van der Waals surface area contributed by atoms with Gasteiger partial charge in [-0.3, -0.25) is 5.84 Å². The number of nitrogens with two attached hydrogens (primary N) is 1. The van der Waals surface area contributed by atoms with Gasteiger partial charge >= 0.3 is 0 Å². The molecule has 0 aliphatic carbocycles. The molecule has 0 radical (unpaired) electrons. The van der Waals surface area contributed by atoms with Crippen LogP contribution in [0.15, 0.2) is 12.3 Å². The minimum Gasteiger partial charge on any atom is -0.323 e. The molecule has 54 valence electrons. The van der Waals surface area contributed by atoms with Crippen molar-refractivity contribution in [1.82, 2.24) is 4.98 Å². The zero-order valence-corrected chi connectivity index (χ0v) is 6.45. The Balaban J connectivity index is 3.14. The van der Waals surface area contributed by atoms with Gasteiger partial charge in [-0.1, -0.05) is 23.2 Å². The van der Waals surface area contributed by atoms with E-state index in [0.29, 0.717) is 10.7 Å². The van der Waals surface area contributed by atoms with E-state index in [-0.39, 0.29) is 5.15 Å². The molecule has 1 aromatic heterocycles. The van der Waals surface area contributed by atoms with Crippen LogP contribution in [-0.4, -0.2) is 4.98 Å². The molecule has 0 saturated heterocycles. The minimum absolute atomic E-state index is 0.247. The van der Waals surface area contributed by atoms with E-state index < -0.39 is 0 Å². The molecule has 0 atom stereocenters. The third-order valence-corrected chi connectivity index (χ3v) is 1.77. The minimum atomic E-state index is 0.247. The predicted molar refractivity (Wildman–Crippen MR) is 42.1 cm³/mol. The summed E-state index contributed by atoms with van der Waals surface area (Å²) in [7, 11) is 0. The summed E-state index contributed by atoms with van der Waals surface area (Å²) in [4.78, 5) is 3.73. The monoisotopic (exact) mass is 177 g/mol. The highest BCUT2D eigenvalue weighted by Crippen LogP contribution is 2.26. The van der Waals surface area contributed by atoms with Crippen LogP contribution in [-0.2, 0) is 0 Å². The number of nitrogens with one attached hydrogen (secondary N) is 1. The molecule has 1 heterocycles. The number of aromatic nitrogens is 1. The summed E-state index contributed by atoms with van der Waals surface area (Å²) in [6.45, 7) is 0. The van der Waals surface area contributed by atoms with Crippen LogP contribution in [0.2, 0.25) is 10.2 Å². The second kappa shape index (κ2) is 3.05. The summed E-state index contributed by atoms with van der Waals surface area (Å²) in [5.74, 6) is 5.10. The molecule has 3 N–H and O–H groups in total. The first-order chi connectivity index (χ1) is 4.75. The van der Waals surface area contributed by atoms with Gasteiger partial charge in [-0.25, -0.2) is 4.98 Å². The number of hydrazine groups is 1. The summed E-state index contributed by atoms with van der Waals surface area (Å²) in [6, 6.07) is 1.63. The van der Waals surface area contributed by atoms with Crippen molar-refractivity contribution in [2.75, 3.05) is 5.43 Å². The van der Waals surface area contributed by atoms with Crippen molar-refractivity contribution >= 4 is 28.9 Å². The molecule has 0 fully saturated rings. The predicted octanol–water partition coefficient (Wildman–Crippen LogP) is 1.67. The van der Waals surface area contributed by atoms with E-state index in [1.807, 2.05) is 0 Å². The zero-order chi connectivity index (χ0) is 7.56. The molecule has 0 bridgehead atoms. The Kier molecular flexibility index (Phi) is 2.32. The Hall–Kier alpha value is -0.510. The normalized spacial score (nSPS) is 9.50. The zero-order valence-electron chi connectivity index (χ0n) is 4.94. The first kappa shape index (κ1) is 7.60. The lowest BCUT2D eigenvalue weighted by Crippen LogP contribution is -2.07. The van der Waals surface area contributed by atoms with Crippen LogP contribution in [0.5, 0.6) is 0 Å². The Labute approximate surface area is 68.1 Å². The van der Waals surface area contributed by atoms with Gasteiger partial charge in [0.2, 0.25) is 0 Å². The van der Waals surface area contributed by atoms with E-state index >= 15 is 0 Å². The van der Waals surface area contributed by atoms with Crippen molar-refractivity contribution in [1.29, 1.82) is 0 Å². The van der Waals surface area contributed by atoms with Gasteiger partial charge in [0.1, 0.15) is 10.2 Å². The summed E-state index contributed by atoms with van der Waals surface area (Å²) in [5.41, 5.74) is 2.95. The molecule has 0 saturated carbocycles. The van der Waals surface area contributed by atoms with Gasteiger partial charge in [-0.2, -0.15) is 0 Å². The highest BCUT2D eigenvalue weighted by molar-refractivity contribution is 6.42. The van der Waals surface area contributed by atoms with E-state index in [0.717, 1.165) is 0 Å². The fourth-order valence-electron chi connectivity index (χ4n) is 0.530. The topological polar surface area (TPSA) is 50.9 Å². The fraction of sp³-hybridized carbons (Fsp3) is 0. The lowest BCUT2D eigenvalue weighted by Gasteiger charge is -2.01. The lowest BCUT2D eigenvalue weighted by atomic mass is 10.4. The Morgan fingerprint density at radius 2 is 2.20 bits per heavy atom. The molecule has 5 heteroatoms. The van der Waals surface area contributed by atoms with E-state index in [1.165, 1.54) is 6.20 Å². The third-order valence-electron chi connectivity index (χ3n) is 1.00. The SMILES string of the molecule is NNc1ccnc(Cl)c1Cl. The van der Waals surface area contributed by atoms with Crippen LogP contribution in [0.25, 0.3) is 0 Å². The van der Waals surface area contributed by atoms with Crippen molar-refractivity contribution in [3.63, 3.8) is 0 Å². The number of rotatable bonds is 1. The first-order valence-electron chi connectivity index (χ1n) is 2.52. The number of nitrogen functional groups attached to an aromatic ring is 1. The number of hydrogen-bond acceptors (Lipinski definition) is 3. The standard InChI is InChI=1S/C5H5Cl2N3/c6-4-3(10-8)1-2-9-5(4)7/h1-2H,8H2,(H,9,10). The lowest BCUT2D eigenvalue weighted by molar-refractivity contribution is 1.28. The van der Waals surface area contributed by atoms with Crippen molar-refractivity contribution in [2.24, 2.45) is 5.84 Å². The molecule has 0 aliphatic rings. The van der Waals surface area contributed by atoms with Gasteiger partial charge in [0.05, 0.1) is 5.69 Å². The van der Waals surface area contributed by atoms with Crippen molar-refractivity contribution in [3.05, 3.63) is 22.4 Å². The van der Waals surface area contributed by atoms with Gasteiger partial charge in [-0.15, -0.1) is 0 Å². The van der Waals surface area contributed by atoms with E-state index in [4.69, 9.17) is 29.0 Å². The largest absolute Gasteiger partial charge is 0.323 e. The van der Waals surface area contributed by atoms with Gasteiger partial charge < -0.3 is 5.43 Å². The molecule has 10 heavy (non-hydrogen) atoms. The summed E-state index contributed by atoms with van der Waals surface area (Å²) < 4.78 is 0. The summed E-state index contributed by atoms with van der Waals surface area (Å²) >= 11 is 11.2. The summed E-state index contributed by atoms with van der Waals surface area (Å²) in [5, 5.41) is 0.587. The molecule has 0 aromatic carbocycles. The second-order valence-corrected chi connectivity index (χ2v) is 2.34. The van der Waals surface area contributed by atoms with Crippen LogP contribution in [0, 0.1) is 0 Å². The third kappa shape index (κ3) is 1.31. The second-order valence-electron chi connectivity index (χ2n) is 1.61. The van der Waals surface area contributed by atoms with Gasteiger partial charge in [0, 0.05) is 6.20 Å². The van der Waals surface area contributed by atoms with E-state index in [2.05, 4.69) is 10.4 Å². The van der Waals surface area contributed by atoms with Crippen LogP contribution in [0.3, 0.4) is 0 Å². The van der Waals surface area contributed by atoms with Crippen LogP contribution >= 0.6 is 23.2 Å². The molecule has 1 rings (SSSR count). The van der Waals surface area contributed by atoms with Crippen molar-refractivity contribution in [3.8, 4) is 0 Å². The maximum Gasteiger partial charge on any atom is 0.149 e. The van der Waals surface area contributed by atoms with Crippen molar-refractivity contribution in [2.45, 2.75) is 0 Å². The average Bonchev–Trinajstić information content (AvgIpc) is 1.95. The molecular weight excluding hydrogens is 173 g/mol. The van der Waals surface area contributed by atoms with E-state index in [1.54, 1.807) is 6.07 Å². The molecule has 0 unspecified atom stereocenters. The van der Waals surface area contributed by atoms with Gasteiger partial charge in [0.25, 0.3) is 0 Å². The smallest absolute Gasteiger partial charge is 0.149 e. The maximum atomic E-state index is 5.66. The number of halogens is 2. The molecule has 0 spiro atoms. The number of hydrogen-bond donors (Lipinski definition) is 2. The average molecular weight is 178 g/mol. The highest BCUT2D eigenvalue weighted by atomic mass is 35.5. The number of nitrogens with zero attached hydrogens (tertiary/aromatic N) is 1. The Morgan fingerprint density at radius 3 is 2.70 bits per heavy atom. The van der Waals surface area contributed by atoms with Gasteiger partial charge in [-0.05, 0) is 6.07 Å². The van der Waals surface area contributed by atoms with E-state index in [9.17, 15) is 0 Å². The molecule has 0 aliphatic heterocycles. The molecule has 3 nitrogen and oxygen atoms in total. The Morgan fingerprint density at radius 1 is 1.50 bits per heavy atom. The van der Waals surface area contributed by atoms with Gasteiger partial charge in [0.15, 0.2) is 0 Å². The fourth-order valence-corrected chi connectivity index (χ4v) is 0.854. The van der Waals surface area contributed by atoms with Crippen molar-refractivity contribution < 1.29 is 0 Å². The molecular formula is C5H5Cl2N3. The first-order valence-corrected chi connectivity index (χ1v) is 3.28. The Bertz CT molecular complexity index is 238. The van der Waals surface area contributed by atoms with Crippen LogP contribution in [0.4, 0.5) is 5.69 Å². The molecule has 1 aromatic rings. The number of pyridine rings is 1. The highest BCUT2D eigenvalue weighted by Gasteiger charge is 2.01. The number of anilines is 1. The van der Waals surface area contributed by atoms with Crippen LogP contribution in [0.1, 0.15) is 0 Å². The quantitative estimate of drug-likeness (QED) is 0.390. The molecule has 0 amide bonds. The van der Waals surface area contributed by atoms with Crippen LogP contribution < -0.4 is 11.3 Å². The maximum absolute atomic E-state index is 5.66. The summed E-state index contributed by atoms with van der Waals surface area (Å²) in [6.07, 6.45) is 1.52.